The summed E-state index contributed by atoms with van der Waals surface area (Å²) in [4.78, 5) is 2.40. The molecule has 0 aromatic heterocycles. The largest absolute Gasteiger partial charge is 0.395 e. The Kier molecular flexibility index (Phi) is 2.79. The fraction of sp³-hybridized carbons (Fsp3) is 1.00. The van der Waals surface area contributed by atoms with Crippen molar-refractivity contribution < 1.29 is 5.11 Å². The van der Waals surface area contributed by atoms with E-state index in [1.807, 2.05) is 0 Å². The quantitative estimate of drug-likeness (QED) is 0.680. The van der Waals surface area contributed by atoms with Crippen molar-refractivity contribution >= 4 is 0 Å². The van der Waals surface area contributed by atoms with Gasteiger partial charge in [-0.2, -0.15) is 0 Å². The van der Waals surface area contributed by atoms with Crippen LogP contribution in [0.15, 0.2) is 0 Å². The Morgan fingerprint density at radius 1 is 1.50 bits per heavy atom. The fourth-order valence-electron chi connectivity index (χ4n) is 2.22. The van der Waals surface area contributed by atoms with Crippen molar-refractivity contribution in [3.63, 3.8) is 0 Å². The van der Waals surface area contributed by atoms with E-state index in [1.165, 1.54) is 0 Å². The second kappa shape index (κ2) is 3.35. The molecule has 2 nitrogen and oxygen atoms in total. The number of rotatable bonds is 2. The molecule has 0 aliphatic carbocycles. The van der Waals surface area contributed by atoms with Crippen molar-refractivity contribution in [2.45, 2.75) is 46.2 Å². The minimum atomic E-state index is 0.307. The van der Waals surface area contributed by atoms with Crippen LogP contribution in [0.5, 0.6) is 0 Å². The first-order valence-corrected chi connectivity index (χ1v) is 4.83. The molecule has 1 saturated heterocycles. The van der Waals surface area contributed by atoms with Crippen LogP contribution in [0.1, 0.15) is 34.1 Å². The predicted octanol–water partition coefficient (Wildman–Crippen LogP) is 1.49. The zero-order chi connectivity index (χ0) is 9.35. The number of nitrogens with zero attached hydrogens (tertiary/aromatic N) is 1. The van der Waals surface area contributed by atoms with Gasteiger partial charge in [0.15, 0.2) is 0 Å². The Bertz CT molecular complexity index is 154. The number of hydrogen-bond donors (Lipinski definition) is 1. The van der Waals surface area contributed by atoms with Crippen LogP contribution < -0.4 is 0 Å². The predicted molar refractivity (Wildman–Crippen MR) is 51.1 cm³/mol. The van der Waals surface area contributed by atoms with Gasteiger partial charge >= 0.3 is 0 Å². The Morgan fingerprint density at radius 3 is 2.42 bits per heavy atom. The first kappa shape index (κ1) is 10.0. The van der Waals surface area contributed by atoms with Gasteiger partial charge in [0.2, 0.25) is 0 Å². The highest BCUT2D eigenvalue weighted by Crippen LogP contribution is 2.34. The Hall–Kier alpha value is -0.0800. The summed E-state index contributed by atoms with van der Waals surface area (Å²) in [6, 6.07) is 0.948. The van der Waals surface area contributed by atoms with Gasteiger partial charge in [-0.15, -0.1) is 0 Å². The minimum absolute atomic E-state index is 0.307. The Morgan fingerprint density at radius 2 is 2.08 bits per heavy atom. The molecule has 0 spiro atoms. The van der Waals surface area contributed by atoms with E-state index >= 15 is 0 Å². The van der Waals surface area contributed by atoms with Crippen LogP contribution in [0.2, 0.25) is 0 Å². The van der Waals surface area contributed by atoms with Crippen LogP contribution >= 0.6 is 0 Å². The molecule has 1 aliphatic rings. The van der Waals surface area contributed by atoms with Gasteiger partial charge in [-0.1, -0.05) is 13.8 Å². The zero-order valence-electron chi connectivity index (χ0n) is 8.67. The summed E-state index contributed by atoms with van der Waals surface area (Å²) >= 11 is 0. The Labute approximate surface area is 75.6 Å². The van der Waals surface area contributed by atoms with E-state index in [-0.39, 0.29) is 0 Å². The lowest BCUT2D eigenvalue weighted by molar-refractivity contribution is 0.131. The van der Waals surface area contributed by atoms with Crippen molar-refractivity contribution in [2.24, 2.45) is 5.41 Å². The first-order chi connectivity index (χ1) is 5.46. The molecule has 1 atom stereocenters. The topological polar surface area (TPSA) is 23.5 Å². The molecule has 0 amide bonds. The number of hydrogen-bond acceptors (Lipinski definition) is 2. The molecule has 0 unspecified atom stereocenters. The van der Waals surface area contributed by atoms with E-state index in [9.17, 15) is 5.11 Å². The lowest BCUT2D eigenvalue weighted by atomic mass is 9.91. The molecule has 1 heterocycles. The molecule has 0 aromatic rings. The lowest BCUT2D eigenvalue weighted by Crippen LogP contribution is -2.37. The standard InChI is InChI=1S/C10H21NO/c1-8(2)11-7-10(3,4)5-9(11)6-12/h8-9,12H,5-7H2,1-4H3/t9-/m0/s1. The van der Waals surface area contributed by atoms with Gasteiger partial charge in [-0.25, -0.2) is 0 Å². The average Bonchev–Trinajstić information content (AvgIpc) is 2.25. The number of aliphatic hydroxyl groups excluding tert-OH is 1. The molecule has 72 valence electrons. The summed E-state index contributed by atoms with van der Waals surface area (Å²) < 4.78 is 0. The third-order valence-corrected chi connectivity index (χ3v) is 2.74. The van der Waals surface area contributed by atoms with Gasteiger partial charge < -0.3 is 5.11 Å². The van der Waals surface area contributed by atoms with Crippen LogP contribution in [-0.4, -0.2) is 35.2 Å². The first-order valence-electron chi connectivity index (χ1n) is 4.83. The second-order valence-electron chi connectivity index (χ2n) is 4.97. The molecule has 12 heavy (non-hydrogen) atoms. The summed E-state index contributed by atoms with van der Waals surface area (Å²) in [5.74, 6) is 0. The van der Waals surface area contributed by atoms with Gasteiger partial charge in [-0.3, -0.25) is 4.90 Å². The van der Waals surface area contributed by atoms with Gasteiger partial charge in [0.25, 0.3) is 0 Å². The normalized spacial score (nSPS) is 30.0. The highest BCUT2D eigenvalue weighted by atomic mass is 16.3. The molecule has 0 bridgehead atoms. The van der Waals surface area contributed by atoms with Gasteiger partial charge in [0.1, 0.15) is 0 Å². The molecule has 0 saturated carbocycles. The van der Waals surface area contributed by atoms with E-state index in [0.29, 0.717) is 24.1 Å². The summed E-state index contributed by atoms with van der Waals surface area (Å²) in [6.45, 7) is 10.4. The van der Waals surface area contributed by atoms with E-state index < -0.39 is 0 Å². The van der Waals surface area contributed by atoms with E-state index in [4.69, 9.17) is 0 Å². The second-order valence-corrected chi connectivity index (χ2v) is 4.97. The maximum Gasteiger partial charge on any atom is 0.0587 e. The maximum absolute atomic E-state index is 9.18. The summed E-state index contributed by atoms with van der Waals surface area (Å²) in [7, 11) is 0. The average molecular weight is 171 g/mol. The van der Waals surface area contributed by atoms with Crippen LogP contribution in [0.3, 0.4) is 0 Å². The van der Waals surface area contributed by atoms with Gasteiger partial charge in [0.05, 0.1) is 6.61 Å². The number of aliphatic hydroxyl groups is 1. The molecular weight excluding hydrogens is 150 g/mol. The number of likely N-dealkylation sites (tertiary alicyclic amines) is 1. The van der Waals surface area contributed by atoms with Crippen LogP contribution in [0.25, 0.3) is 0 Å². The smallest absolute Gasteiger partial charge is 0.0587 e. The van der Waals surface area contributed by atoms with Crippen molar-refractivity contribution in [3.05, 3.63) is 0 Å². The van der Waals surface area contributed by atoms with Crippen molar-refractivity contribution in [2.75, 3.05) is 13.2 Å². The molecule has 1 N–H and O–H groups in total. The van der Waals surface area contributed by atoms with Gasteiger partial charge in [-0.05, 0) is 25.7 Å². The SMILES string of the molecule is CC(C)N1CC(C)(C)C[C@H]1CO. The van der Waals surface area contributed by atoms with Crippen LogP contribution in [-0.2, 0) is 0 Å². The summed E-state index contributed by atoms with van der Waals surface area (Å²) in [6.07, 6.45) is 1.13. The molecule has 1 fully saturated rings. The molecular formula is C10H21NO. The van der Waals surface area contributed by atoms with E-state index in [1.54, 1.807) is 0 Å². The highest BCUT2D eigenvalue weighted by molar-refractivity contribution is 4.91. The van der Waals surface area contributed by atoms with Gasteiger partial charge in [0, 0.05) is 18.6 Å². The lowest BCUT2D eigenvalue weighted by Gasteiger charge is -2.27. The van der Waals surface area contributed by atoms with Crippen molar-refractivity contribution in [3.8, 4) is 0 Å². The van der Waals surface area contributed by atoms with E-state index in [0.717, 1.165) is 13.0 Å². The van der Waals surface area contributed by atoms with Crippen molar-refractivity contribution in [1.82, 2.24) is 4.90 Å². The molecule has 1 rings (SSSR count). The molecule has 0 aromatic carbocycles. The molecule has 0 radical (unpaired) electrons. The van der Waals surface area contributed by atoms with Crippen molar-refractivity contribution in [1.29, 1.82) is 0 Å². The molecule has 1 aliphatic heterocycles. The highest BCUT2D eigenvalue weighted by Gasteiger charge is 2.37. The minimum Gasteiger partial charge on any atom is -0.395 e. The zero-order valence-corrected chi connectivity index (χ0v) is 8.67. The van der Waals surface area contributed by atoms with Crippen LogP contribution in [0.4, 0.5) is 0 Å². The van der Waals surface area contributed by atoms with Crippen LogP contribution in [0, 0.1) is 5.41 Å². The molecule has 2 heteroatoms. The summed E-state index contributed by atoms with van der Waals surface area (Å²) in [5.41, 5.74) is 0.387. The fourth-order valence-corrected chi connectivity index (χ4v) is 2.22. The Balaban J connectivity index is 2.63. The third-order valence-electron chi connectivity index (χ3n) is 2.74. The monoisotopic (exact) mass is 171 g/mol. The van der Waals surface area contributed by atoms with E-state index in [2.05, 4.69) is 32.6 Å². The third kappa shape index (κ3) is 1.99. The maximum atomic E-state index is 9.18. The summed E-state index contributed by atoms with van der Waals surface area (Å²) in [5, 5.41) is 9.18.